The number of hydrogen-bond donors (Lipinski definition) is 1. The molecule has 0 amide bonds. The molecule has 27 heavy (non-hydrogen) atoms. The average Bonchev–Trinajstić information content (AvgIpc) is 3.42. The maximum atomic E-state index is 13.1. The summed E-state index contributed by atoms with van der Waals surface area (Å²) in [5, 5.41) is 13.6. The third kappa shape index (κ3) is 3.35. The van der Waals surface area contributed by atoms with Crippen LogP contribution in [-0.4, -0.2) is 33.0 Å². The molecule has 1 aromatic heterocycles. The van der Waals surface area contributed by atoms with Crippen LogP contribution < -0.4 is 4.74 Å². The molecular weight excluding hydrogens is 364 g/mol. The number of fused-ring (bicyclic) bond motifs is 1. The number of H-pyrrole nitrogens is 1. The zero-order chi connectivity index (χ0) is 18.9. The number of hydrogen-bond acceptors (Lipinski definition) is 5. The molecule has 1 N–H and O–H groups in total. The van der Waals surface area contributed by atoms with Gasteiger partial charge >= 0.3 is 0 Å². The summed E-state index contributed by atoms with van der Waals surface area (Å²) in [7, 11) is 0. The topological polar surface area (TPSA) is 80.8 Å². The molecule has 0 aliphatic heterocycles. The predicted molar refractivity (Wildman–Crippen MR) is 102 cm³/mol. The van der Waals surface area contributed by atoms with Crippen molar-refractivity contribution in [2.24, 2.45) is 11.3 Å². The summed E-state index contributed by atoms with van der Waals surface area (Å²) in [6.07, 6.45) is 7.21. The highest BCUT2D eigenvalue weighted by atomic mass is 35.5. The molecule has 2 unspecified atom stereocenters. The van der Waals surface area contributed by atoms with E-state index in [-0.39, 0.29) is 11.2 Å². The minimum absolute atomic E-state index is 0.205. The highest BCUT2D eigenvalue weighted by molar-refractivity contribution is 6.27. The van der Waals surface area contributed by atoms with Gasteiger partial charge in [-0.15, -0.1) is 21.8 Å². The van der Waals surface area contributed by atoms with Gasteiger partial charge in [-0.05, 0) is 55.4 Å². The molecule has 0 bridgehead atoms. The summed E-state index contributed by atoms with van der Waals surface area (Å²) in [6, 6.07) is 5.74. The Hall–Kier alpha value is -1.95. The summed E-state index contributed by atoms with van der Waals surface area (Å²) in [5.41, 5.74) is 1.22. The Morgan fingerprint density at radius 1 is 1.30 bits per heavy atom. The fourth-order valence-corrected chi connectivity index (χ4v) is 5.01. The number of aryl methyl sites for hydroxylation is 1. The van der Waals surface area contributed by atoms with Crippen molar-refractivity contribution in [1.82, 2.24) is 20.6 Å². The van der Waals surface area contributed by atoms with E-state index < -0.39 is 5.41 Å². The number of benzene rings is 1. The van der Waals surface area contributed by atoms with Crippen molar-refractivity contribution in [1.29, 1.82) is 0 Å². The quantitative estimate of drug-likeness (QED) is 0.565. The summed E-state index contributed by atoms with van der Waals surface area (Å²) in [5.74, 6) is 2.09. The van der Waals surface area contributed by atoms with Crippen LogP contribution in [0, 0.1) is 11.3 Å². The molecule has 7 heteroatoms. The molecule has 2 aliphatic carbocycles. The van der Waals surface area contributed by atoms with Crippen molar-refractivity contribution in [2.45, 2.75) is 57.2 Å². The van der Waals surface area contributed by atoms with Gasteiger partial charge in [0.2, 0.25) is 0 Å². The highest BCUT2D eigenvalue weighted by Gasteiger charge is 2.53. The Bertz CT molecular complexity index is 804. The number of ketones is 1. The van der Waals surface area contributed by atoms with Gasteiger partial charge in [-0.1, -0.05) is 25.0 Å². The van der Waals surface area contributed by atoms with Crippen LogP contribution in [0.4, 0.5) is 0 Å². The third-order valence-corrected chi connectivity index (χ3v) is 6.90. The fraction of sp³-hybridized carbons (Fsp3) is 0.600. The maximum Gasteiger partial charge on any atom is 0.174 e. The Balaban J connectivity index is 1.38. The molecule has 1 fully saturated rings. The summed E-state index contributed by atoms with van der Waals surface area (Å²) in [4.78, 5) is 13.1. The van der Waals surface area contributed by atoms with Gasteiger partial charge in [0.25, 0.3) is 0 Å². The van der Waals surface area contributed by atoms with Crippen LogP contribution >= 0.6 is 11.6 Å². The molecule has 1 saturated carbocycles. The molecule has 0 saturated heterocycles. The van der Waals surface area contributed by atoms with Gasteiger partial charge in [0.05, 0.1) is 17.4 Å². The molecule has 0 spiro atoms. The predicted octanol–water partition coefficient (Wildman–Crippen LogP) is 4.27. The second-order valence-electron chi connectivity index (χ2n) is 7.84. The minimum Gasteiger partial charge on any atom is -0.494 e. The molecule has 1 aromatic carbocycles. The first-order valence-electron chi connectivity index (χ1n) is 9.78. The molecule has 0 radical (unpaired) electrons. The van der Waals surface area contributed by atoms with E-state index in [1.807, 2.05) is 18.2 Å². The van der Waals surface area contributed by atoms with Crippen LogP contribution in [0.3, 0.4) is 0 Å². The number of unbranched alkanes of at least 4 members (excludes halogenated alkanes) is 1. The molecule has 2 aromatic rings. The Morgan fingerprint density at radius 3 is 2.85 bits per heavy atom. The van der Waals surface area contributed by atoms with E-state index in [9.17, 15) is 4.79 Å². The first kappa shape index (κ1) is 18.4. The van der Waals surface area contributed by atoms with Crippen molar-refractivity contribution >= 4 is 17.4 Å². The monoisotopic (exact) mass is 388 g/mol. The van der Waals surface area contributed by atoms with E-state index in [1.165, 1.54) is 12.8 Å². The fourth-order valence-electron chi connectivity index (χ4n) is 4.56. The average molecular weight is 389 g/mol. The van der Waals surface area contributed by atoms with E-state index in [1.54, 1.807) is 0 Å². The van der Waals surface area contributed by atoms with Crippen LogP contribution in [0.1, 0.15) is 72.6 Å². The van der Waals surface area contributed by atoms with Crippen LogP contribution in [0.5, 0.6) is 5.75 Å². The van der Waals surface area contributed by atoms with Gasteiger partial charge in [0.15, 0.2) is 11.6 Å². The number of alkyl halides is 1. The molecule has 4 rings (SSSR count). The van der Waals surface area contributed by atoms with Gasteiger partial charge in [-0.3, -0.25) is 4.79 Å². The highest BCUT2D eigenvalue weighted by Crippen LogP contribution is 2.57. The van der Waals surface area contributed by atoms with Gasteiger partial charge < -0.3 is 4.74 Å². The van der Waals surface area contributed by atoms with Gasteiger partial charge in [-0.25, -0.2) is 0 Å². The number of halogens is 1. The molecule has 144 valence electrons. The number of ether oxygens (including phenoxy) is 1. The second kappa shape index (κ2) is 7.58. The number of carbonyl (C=O) groups is 1. The smallest absolute Gasteiger partial charge is 0.174 e. The number of tetrazole rings is 1. The van der Waals surface area contributed by atoms with Crippen LogP contribution in [-0.2, 0) is 6.42 Å². The third-order valence-electron chi connectivity index (χ3n) is 6.21. The Kier molecular flexibility index (Phi) is 5.17. The number of rotatable bonds is 7. The van der Waals surface area contributed by atoms with Crippen molar-refractivity contribution in [3.05, 3.63) is 35.2 Å². The molecule has 2 atom stereocenters. The summed E-state index contributed by atoms with van der Waals surface area (Å²) in [6.45, 7) is 2.67. The zero-order valence-corrected chi connectivity index (χ0v) is 16.3. The lowest BCUT2D eigenvalue weighted by Crippen LogP contribution is -2.33. The molecule has 6 nitrogen and oxygen atoms in total. The lowest BCUT2D eigenvalue weighted by Gasteiger charge is -2.32. The van der Waals surface area contributed by atoms with Crippen LogP contribution in [0.15, 0.2) is 18.2 Å². The molecule has 1 heterocycles. The van der Waals surface area contributed by atoms with E-state index in [2.05, 4.69) is 27.5 Å². The van der Waals surface area contributed by atoms with Crippen molar-refractivity contribution in [3.63, 3.8) is 0 Å². The number of Topliss-reactive ketones (excluding diaryl/α,β-unsaturated/α-hetero) is 1. The molecule has 2 aliphatic rings. The van der Waals surface area contributed by atoms with Gasteiger partial charge in [0, 0.05) is 12.0 Å². The van der Waals surface area contributed by atoms with E-state index in [0.29, 0.717) is 12.5 Å². The van der Waals surface area contributed by atoms with Crippen LogP contribution in [0.25, 0.3) is 0 Å². The number of aromatic nitrogens is 4. The summed E-state index contributed by atoms with van der Waals surface area (Å²) >= 11 is 6.84. The Morgan fingerprint density at radius 2 is 2.11 bits per heavy atom. The number of nitrogens with one attached hydrogen (secondary N) is 1. The van der Waals surface area contributed by atoms with Crippen molar-refractivity contribution in [3.8, 4) is 5.75 Å². The van der Waals surface area contributed by atoms with Crippen molar-refractivity contribution < 1.29 is 9.53 Å². The largest absolute Gasteiger partial charge is 0.494 e. The first-order chi connectivity index (χ1) is 13.1. The summed E-state index contributed by atoms with van der Waals surface area (Å²) < 4.78 is 5.89. The van der Waals surface area contributed by atoms with E-state index >= 15 is 0 Å². The van der Waals surface area contributed by atoms with Crippen LogP contribution in [0.2, 0.25) is 0 Å². The van der Waals surface area contributed by atoms with E-state index in [0.717, 1.165) is 54.8 Å². The minimum atomic E-state index is -0.483. The lowest BCUT2D eigenvalue weighted by atomic mass is 9.72. The standard InChI is InChI=1S/C20H25ClN4O2/c1-20(13-6-2-3-7-13)18(21)16-12-14(9-10-15(16)19(20)26)27-11-5-4-8-17-22-24-25-23-17/h9-10,12-13,18H,2-8,11H2,1H3,(H,22,23,24,25). The van der Waals surface area contributed by atoms with Gasteiger partial charge in [-0.2, -0.15) is 5.21 Å². The Labute approximate surface area is 164 Å². The van der Waals surface area contributed by atoms with E-state index in [4.69, 9.17) is 16.3 Å². The first-order valence-corrected chi connectivity index (χ1v) is 10.2. The van der Waals surface area contributed by atoms with Gasteiger partial charge in [0.1, 0.15) is 5.75 Å². The normalized spacial score (nSPS) is 25.1. The zero-order valence-electron chi connectivity index (χ0n) is 15.6. The van der Waals surface area contributed by atoms with Crippen molar-refractivity contribution in [2.75, 3.05) is 6.61 Å². The lowest BCUT2D eigenvalue weighted by molar-refractivity contribution is 0.0735. The maximum absolute atomic E-state index is 13.1. The molecular formula is C20H25ClN4O2. The second-order valence-corrected chi connectivity index (χ2v) is 8.27. The SMILES string of the molecule is CC1(C2CCCC2)C(=O)c2ccc(OCCCCc3nn[nH]n3)cc2C1Cl. The number of carbonyl (C=O) groups excluding carboxylic acids is 1. The number of aromatic amines is 1. The number of nitrogens with zero attached hydrogens (tertiary/aromatic N) is 3.